The number of hydrogen-bond donors (Lipinski definition) is 4. The van der Waals surface area contributed by atoms with Crippen molar-refractivity contribution in [2.24, 2.45) is 0 Å². The van der Waals surface area contributed by atoms with Crippen LogP contribution in [0.4, 0.5) is 4.70 Å². The molecule has 0 amide bonds. The molecule has 0 aliphatic carbocycles. The van der Waals surface area contributed by atoms with Gasteiger partial charge in [0, 0.05) is 0 Å². The van der Waals surface area contributed by atoms with Crippen LogP contribution in [0.1, 0.15) is 0 Å². The van der Waals surface area contributed by atoms with Crippen LogP contribution < -0.4 is 0 Å². The number of rotatable bonds is 0. The van der Waals surface area contributed by atoms with Crippen LogP contribution in [0.3, 0.4) is 0 Å². The van der Waals surface area contributed by atoms with E-state index in [-0.39, 0.29) is 28.4 Å². The summed E-state index contributed by atoms with van der Waals surface area (Å²) in [5, 5.41) is 0. The second-order valence-corrected chi connectivity index (χ2v) is 1.80. The van der Waals surface area contributed by atoms with Crippen LogP contribution in [0.5, 0.6) is 0 Å². The zero-order valence-electron chi connectivity index (χ0n) is 2.70. The van der Waals surface area contributed by atoms with Crippen LogP contribution in [-0.2, 0) is 0 Å². The minimum atomic E-state index is -4.61. The molecular weight excluding hydrogens is 239 g/mol. The summed E-state index contributed by atoms with van der Waals surface area (Å²) >= 11 is 0. The Morgan fingerprint density at radius 2 is 0.857 bits per heavy atom. The molecule has 0 unspecified atom stereocenters. The molecule has 4 N–H and O–H groups in total. The molecule has 0 spiro atoms. The standard InChI is InChI=1S/FH.H4O4Si.H7Te/c;1-5(2,3)4;/h1H;1-4H;1H7/q;;+5. The van der Waals surface area contributed by atoms with Crippen molar-refractivity contribution in [1.29, 1.82) is 0 Å². The van der Waals surface area contributed by atoms with Gasteiger partial charge in [-0.1, -0.05) is 0 Å². The zero-order chi connectivity index (χ0) is 4.50. The Balaban J connectivity index is -0.0000000800. The van der Waals surface area contributed by atoms with Gasteiger partial charge in [0.05, 0.1) is 0 Å². The normalized spacial score (nSPS) is 8.57. The van der Waals surface area contributed by atoms with Crippen molar-refractivity contribution in [2.75, 3.05) is 0 Å². The SMILES string of the molecule is F.O[Si](O)(O)O.[TeH7+5]. The van der Waals surface area contributed by atoms with E-state index in [1.807, 2.05) is 0 Å². The molecule has 0 bridgehead atoms. The van der Waals surface area contributed by atoms with Crippen LogP contribution in [0.25, 0.3) is 0 Å². The third-order valence-electron chi connectivity index (χ3n) is 0. The Labute approximate surface area is 57.0 Å². The van der Waals surface area contributed by atoms with Gasteiger partial charge in [0.2, 0.25) is 0 Å². The fourth-order valence-corrected chi connectivity index (χ4v) is 0. The fraction of sp³-hybridized carbons (Fsp3) is 0. The number of hydrogen-bond acceptors (Lipinski definition) is 4. The third-order valence-corrected chi connectivity index (χ3v) is 0. The molecule has 0 radical (unpaired) electrons. The number of halogens is 1. The van der Waals surface area contributed by atoms with E-state index in [9.17, 15) is 0 Å². The van der Waals surface area contributed by atoms with Crippen LogP contribution in [0, 0.1) is 0 Å². The molecule has 0 atom stereocenters. The summed E-state index contributed by atoms with van der Waals surface area (Å²) in [7, 11) is -4.61. The summed E-state index contributed by atoms with van der Waals surface area (Å²) in [6.45, 7) is 0. The Hall–Kier alpha value is 0.776. The third kappa shape index (κ3) is 256. The fourth-order valence-electron chi connectivity index (χ4n) is 0. The van der Waals surface area contributed by atoms with Gasteiger partial charge in [-0.15, -0.1) is 0 Å². The summed E-state index contributed by atoms with van der Waals surface area (Å²) in [6.07, 6.45) is 0. The van der Waals surface area contributed by atoms with Gasteiger partial charge in [0.1, 0.15) is 0 Å². The van der Waals surface area contributed by atoms with E-state index in [1.54, 1.807) is 0 Å². The summed E-state index contributed by atoms with van der Waals surface area (Å²) < 4.78 is 0. The molecule has 7 heteroatoms. The van der Waals surface area contributed by atoms with Crippen molar-refractivity contribution >= 4 is 32.7 Å². The van der Waals surface area contributed by atoms with E-state index < -0.39 is 9.05 Å². The molecule has 0 saturated carbocycles. The first-order chi connectivity index (χ1) is 2.00. The average Bonchev–Trinajstić information content (AvgIpc) is 0.722. The van der Waals surface area contributed by atoms with Crippen molar-refractivity contribution in [3.63, 3.8) is 0 Å². The Morgan fingerprint density at radius 3 is 0.857 bits per heavy atom. The molecule has 0 aliphatic rings. The van der Waals surface area contributed by atoms with E-state index in [0.29, 0.717) is 0 Å². The maximum atomic E-state index is 7.33. The first-order valence-corrected chi connectivity index (χ1v) is 2.68. The summed E-state index contributed by atoms with van der Waals surface area (Å²) in [6, 6.07) is 0. The molecule has 0 aromatic heterocycles. The average molecular weight is 251 g/mol. The van der Waals surface area contributed by atoms with Crippen molar-refractivity contribution in [3.8, 4) is 0 Å². The van der Waals surface area contributed by atoms with Crippen molar-refractivity contribution in [2.45, 2.75) is 0 Å². The van der Waals surface area contributed by atoms with E-state index in [4.69, 9.17) is 19.2 Å². The van der Waals surface area contributed by atoms with Crippen LogP contribution in [-0.4, -0.2) is 51.9 Å². The molecule has 0 aromatic carbocycles. The van der Waals surface area contributed by atoms with Gasteiger partial charge in [-0.05, 0) is 0 Å². The second kappa shape index (κ2) is 4.92. The molecule has 48 valence electrons. The maximum absolute atomic E-state index is 7.33. The summed E-state index contributed by atoms with van der Waals surface area (Å²) in [5.41, 5.74) is 0. The Bertz CT molecular complexity index is 27.2. The molecule has 0 saturated heterocycles. The zero-order valence-corrected chi connectivity index (χ0v) is 3.70. The summed E-state index contributed by atoms with van der Waals surface area (Å²) in [4.78, 5) is 29.3. The van der Waals surface area contributed by atoms with E-state index >= 15 is 0 Å². The molecule has 0 heterocycles. The van der Waals surface area contributed by atoms with Gasteiger partial charge < -0.3 is 19.2 Å². The topological polar surface area (TPSA) is 80.9 Å². The molecule has 4 nitrogen and oxygen atoms in total. The Morgan fingerprint density at radius 1 is 0.857 bits per heavy atom. The van der Waals surface area contributed by atoms with Gasteiger partial charge in [0.15, 0.2) is 0 Å². The first-order valence-electron chi connectivity index (χ1n) is 0.894. The molecule has 0 rings (SSSR count). The molecular formula is H12FO4SiTe+5. The molecule has 0 fully saturated rings. The van der Waals surface area contributed by atoms with Crippen LogP contribution >= 0.6 is 0 Å². The van der Waals surface area contributed by atoms with Crippen molar-refractivity contribution in [1.82, 2.24) is 0 Å². The monoisotopic (exact) mass is 253 g/mol. The Kier molecular flexibility index (Phi) is 11.0. The van der Waals surface area contributed by atoms with E-state index in [2.05, 4.69) is 0 Å². The van der Waals surface area contributed by atoms with Crippen molar-refractivity contribution < 1.29 is 23.9 Å². The second-order valence-electron chi connectivity index (χ2n) is 0.600. The molecule has 7 heavy (non-hydrogen) atoms. The quantitative estimate of drug-likeness (QED) is 0.326. The van der Waals surface area contributed by atoms with Gasteiger partial charge in [0.25, 0.3) is 0 Å². The first kappa shape index (κ1) is 15.7. The summed E-state index contributed by atoms with van der Waals surface area (Å²) in [5.74, 6) is 0. The predicted octanol–water partition coefficient (Wildman–Crippen LogP) is -4.71. The van der Waals surface area contributed by atoms with Gasteiger partial charge in [-0.25, -0.2) is 0 Å². The van der Waals surface area contributed by atoms with Crippen LogP contribution in [0.15, 0.2) is 0 Å². The van der Waals surface area contributed by atoms with Crippen molar-refractivity contribution in [3.05, 3.63) is 0 Å². The minimum absolute atomic E-state index is 0. The van der Waals surface area contributed by atoms with E-state index in [0.717, 1.165) is 0 Å². The predicted molar refractivity (Wildman–Crippen MR) is 32.7 cm³/mol. The van der Waals surface area contributed by atoms with E-state index in [1.165, 1.54) is 0 Å². The molecule has 0 aromatic rings. The molecule has 0 aliphatic heterocycles. The van der Waals surface area contributed by atoms with Gasteiger partial charge in [-0.3, -0.25) is 4.70 Å². The van der Waals surface area contributed by atoms with Gasteiger partial charge in [-0.2, -0.15) is 0 Å². The van der Waals surface area contributed by atoms with Gasteiger partial charge >= 0.3 is 32.7 Å². The van der Waals surface area contributed by atoms with Crippen LogP contribution in [0.2, 0.25) is 0 Å².